The lowest BCUT2D eigenvalue weighted by molar-refractivity contribution is -0.137. The van der Waals surface area contributed by atoms with Crippen molar-refractivity contribution in [1.82, 2.24) is 0 Å². The number of alkyl halides is 3. The molecular formula is C12H15F3N2O. The minimum Gasteiger partial charge on any atom is -0.397 e. The Labute approximate surface area is 103 Å². The summed E-state index contributed by atoms with van der Waals surface area (Å²) in [5, 5.41) is 0. The number of nitrogens with zero attached hydrogens (tertiary/aromatic N) is 1. The Balaban J connectivity index is 2.24. The maximum absolute atomic E-state index is 12.5. The maximum Gasteiger partial charge on any atom is 0.416 e. The quantitative estimate of drug-likeness (QED) is 0.788. The maximum atomic E-state index is 12.5. The lowest BCUT2D eigenvalue weighted by atomic mass is 10.1. The molecule has 3 nitrogen and oxygen atoms in total. The van der Waals surface area contributed by atoms with E-state index in [9.17, 15) is 13.2 Å². The van der Waals surface area contributed by atoms with E-state index in [0.717, 1.165) is 12.1 Å². The number of morpholine rings is 1. The van der Waals surface area contributed by atoms with E-state index < -0.39 is 11.7 Å². The number of nitrogen functional groups attached to an aromatic ring is 1. The summed E-state index contributed by atoms with van der Waals surface area (Å²) in [6, 6.07) is 3.47. The largest absolute Gasteiger partial charge is 0.416 e. The van der Waals surface area contributed by atoms with Crippen molar-refractivity contribution in [3.8, 4) is 0 Å². The average Bonchev–Trinajstić information content (AvgIpc) is 2.27. The Morgan fingerprint density at radius 2 is 2.11 bits per heavy atom. The Morgan fingerprint density at radius 1 is 1.39 bits per heavy atom. The van der Waals surface area contributed by atoms with E-state index in [1.54, 1.807) is 0 Å². The third-order valence-corrected chi connectivity index (χ3v) is 2.94. The van der Waals surface area contributed by atoms with E-state index in [2.05, 4.69) is 0 Å². The predicted octanol–water partition coefficient (Wildman–Crippen LogP) is 2.51. The molecule has 0 saturated carbocycles. The van der Waals surface area contributed by atoms with Gasteiger partial charge in [0, 0.05) is 13.1 Å². The molecule has 2 rings (SSSR count). The second kappa shape index (κ2) is 4.68. The topological polar surface area (TPSA) is 38.5 Å². The van der Waals surface area contributed by atoms with Gasteiger partial charge in [0.25, 0.3) is 0 Å². The number of nitrogens with two attached hydrogens (primary N) is 1. The first-order chi connectivity index (χ1) is 8.38. The van der Waals surface area contributed by atoms with E-state index in [-0.39, 0.29) is 11.8 Å². The molecule has 1 heterocycles. The monoisotopic (exact) mass is 260 g/mol. The molecule has 2 N–H and O–H groups in total. The fourth-order valence-electron chi connectivity index (χ4n) is 2.06. The van der Waals surface area contributed by atoms with Gasteiger partial charge in [0.2, 0.25) is 0 Å². The van der Waals surface area contributed by atoms with Crippen LogP contribution in [0.15, 0.2) is 18.2 Å². The molecule has 1 atom stereocenters. The first-order valence-electron chi connectivity index (χ1n) is 5.71. The van der Waals surface area contributed by atoms with Gasteiger partial charge < -0.3 is 15.4 Å². The molecule has 100 valence electrons. The molecule has 1 aromatic rings. The van der Waals surface area contributed by atoms with Gasteiger partial charge in [-0.1, -0.05) is 0 Å². The molecule has 0 spiro atoms. The SMILES string of the molecule is CC1CN(c2ccc(C(F)(F)F)cc2N)CCO1. The normalized spacial score (nSPS) is 21.1. The summed E-state index contributed by atoms with van der Waals surface area (Å²) in [4.78, 5) is 1.95. The van der Waals surface area contributed by atoms with Crippen molar-refractivity contribution in [3.05, 3.63) is 23.8 Å². The zero-order valence-corrected chi connectivity index (χ0v) is 10.00. The number of hydrogen-bond donors (Lipinski definition) is 1. The minimum absolute atomic E-state index is 0.0560. The molecule has 1 saturated heterocycles. The van der Waals surface area contributed by atoms with Crippen molar-refractivity contribution in [2.75, 3.05) is 30.3 Å². The predicted molar refractivity (Wildman–Crippen MR) is 63.5 cm³/mol. The van der Waals surface area contributed by atoms with Crippen molar-refractivity contribution in [2.45, 2.75) is 19.2 Å². The van der Waals surface area contributed by atoms with Gasteiger partial charge in [0.05, 0.1) is 29.6 Å². The van der Waals surface area contributed by atoms with Gasteiger partial charge >= 0.3 is 6.18 Å². The van der Waals surface area contributed by atoms with Crippen LogP contribution in [0.1, 0.15) is 12.5 Å². The summed E-state index contributed by atoms with van der Waals surface area (Å²) in [5.74, 6) is 0. The average molecular weight is 260 g/mol. The number of hydrogen-bond acceptors (Lipinski definition) is 3. The number of halogens is 3. The van der Waals surface area contributed by atoms with Crippen LogP contribution in [0.25, 0.3) is 0 Å². The lowest BCUT2D eigenvalue weighted by Gasteiger charge is -2.33. The van der Waals surface area contributed by atoms with E-state index in [1.807, 2.05) is 11.8 Å². The summed E-state index contributed by atoms with van der Waals surface area (Å²) in [5.41, 5.74) is 5.78. The van der Waals surface area contributed by atoms with Crippen LogP contribution in [0.5, 0.6) is 0 Å². The Bertz CT molecular complexity index is 434. The first kappa shape index (κ1) is 13.0. The van der Waals surface area contributed by atoms with Crippen LogP contribution in [0.3, 0.4) is 0 Å². The standard InChI is InChI=1S/C12H15F3N2O/c1-8-7-17(4-5-18-8)11-3-2-9(6-10(11)16)12(13,14)15/h2-3,6,8H,4-5,7,16H2,1H3. The van der Waals surface area contributed by atoms with E-state index >= 15 is 0 Å². The Hall–Kier alpha value is -1.43. The van der Waals surface area contributed by atoms with Gasteiger partial charge in [0.1, 0.15) is 0 Å². The van der Waals surface area contributed by atoms with Crippen molar-refractivity contribution >= 4 is 11.4 Å². The second-order valence-corrected chi connectivity index (χ2v) is 4.40. The highest BCUT2D eigenvalue weighted by molar-refractivity contribution is 5.69. The van der Waals surface area contributed by atoms with Crippen molar-refractivity contribution < 1.29 is 17.9 Å². The van der Waals surface area contributed by atoms with Crippen molar-refractivity contribution in [3.63, 3.8) is 0 Å². The van der Waals surface area contributed by atoms with E-state index in [0.29, 0.717) is 25.4 Å². The third-order valence-electron chi connectivity index (χ3n) is 2.94. The first-order valence-corrected chi connectivity index (χ1v) is 5.71. The third kappa shape index (κ3) is 2.69. The van der Waals surface area contributed by atoms with Crippen LogP contribution in [-0.2, 0) is 10.9 Å². The van der Waals surface area contributed by atoms with Gasteiger partial charge in [0.15, 0.2) is 0 Å². The molecule has 6 heteroatoms. The van der Waals surface area contributed by atoms with Crippen LogP contribution in [0.4, 0.5) is 24.5 Å². The van der Waals surface area contributed by atoms with E-state index in [1.165, 1.54) is 6.07 Å². The highest BCUT2D eigenvalue weighted by atomic mass is 19.4. The molecule has 0 aliphatic carbocycles. The van der Waals surface area contributed by atoms with Crippen molar-refractivity contribution in [2.24, 2.45) is 0 Å². The molecular weight excluding hydrogens is 245 g/mol. The molecule has 18 heavy (non-hydrogen) atoms. The van der Waals surface area contributed by atoms with Crippen LogP contribution in [0.2, 0.25) is 0 Å². The zero-order chi connectivity index (χ0) is 13.3. The fraction of sp³-hybridized carbons (Fsp3) is 0.500. The smallest absolute Gasteiger partial charge is 0.397 e. The fourth-order valence-corrected chi connectivity index (χ4v) is 2.06. The van der Waals surface area contributed by atoms with Gasteiger partial charge in [-0.05, 0) is 25.1 Å². The number of benzene rings is 1. The minimum atomic E-state index is -4.36. The van der Waals surface area contributed by atoms with E-state index in [4.69, 9.17) is 10.5 Å². The molecule has 0 amide bonds. The van der Waals surface area contributed by atoms with Crippen LogP contribution in [-0.4, -0.2) is 25.8 Å². The molecule has 1 aliphatic rings. The highest BCUT2D eigenvalue weighted by Gasteiger charge is 2.31. The van der Waals surface area contributed by atoms with Gasteiger partial charge in [-0.15, -0.1) is 0 Å². The summed E-state index contributed by atoms with van der Waals surface area (Å²) in [6.45, 7) is 3.75. The Morgan fingerprint density at radius 3 is 2.67 bits per heavy atom. The second-order valence-electron chi connectivity index (χ2n) is 4.40. The summed E-state index contributed by atoms with van der Waals surface area (Å²) in [7, 11) is 0. The molecule has 0 bridgehead atoms. The molecule has 1 unspecified atom stereocenters. The van der Waals surface area contributed by atoms with Crippen molar-refractivity contribution in [1.29, 1.82) is 0 Å². The molecule has 1 aromatic carbocycles. The zero-order valence-electron chi connectivity index (χ0n) is 10.00. The molecule has 1 fully saturated rings. The van der Waals surface area contributed by atoms with Gasteiger partial charge in [-0.2, -0.15) is 13.2 Å². The van der Waals surface area contributed by atoms with Crippen LogP contribution >= 0.6 is 0 Å². The van der Waals surface area contributed by atoms with Gasteiger partial charge in [-0.25, -0.2) is 0 Å². The van der Waals surface area contributed by atoms with Crippen LogP contribution in [0, 0.1) is 0 Å². The molecule has 1 aliphatic heterocycles. The lowest BCUT2D eigenvalue weighted by Crippen LogP contribution is -2.41. The summed E-state index contributed by atoms with van der Waals surface area (Å²) in [6.07, 6.45) is -4.30. The number of rotatable bonds is 1. The molecule has 0 radical (unpaired) electrons. The molecule has 0 aromatic heterocycles. The van der Waals surface area contributed by atoms with Crippen LogP contribution < -0.4 is 10.6 Å². The number of ether oxygens (including phenoxy) is 1. The summed E-state index contributed by atoms with van der Waals surface area (Å²) >= 11 is 0. The van der Waals surface area contributed by atoms with Gasteiger partial charge in [-0.3, -0.25) is 0 Å². The summed E-state index contributed by atoms with van der Waals surface area (Å²) < 4.78 is 42.9. The number of anilines is 2. The Kier molecular flexibility index (Phi) is 3.38. The highest BCUT2D eigenvalue weighted by Crippen LogP contribution is 2.34.